The highest BCUT2D eigenvalue weighted by molar-refractivity contribution is 7.99. The molecule has 0 bridgehead atoms. The Morgan fingerprint density at radius 1 is 1.17 bits per heavy atom. The van der Waals surface area contributed by atoms with E-state index in [1.165, 1.54) is 35.4 Å². The maximum Gasteiger partial charge on any atom is 0.330 e. The molecule has 1 aromatic heterocycles. The summed E-state index contributed by atoms with van der Waals surface area (Å²) in [7, 11) is 0. The molecular weight excluding hydrogens is 392 g/mol. The Hall–Kier alpha value is -2.74. The lowest BCUT2D eigenvalue weighted by Crippen LogP contribution is -2.44. The Bertz CT molecular complexity index is 914. The molecule has 152 valence electrons. The van der Waals surface area contributed by atoms with E-state index in [9.17, 15) is 14.4 Å². The minimum absolute atomic E-state index is 0.226. The largest absolute Gasteiger partial charge is 0.466 e. The molecule has 2 aliphatic heterocycles. The summed E-state index contributed by atoms with van der Waals surface area (Å²) < 4.78 is 10.7. The zero-order valence-corrected chi connectivity index (χ0v) is 16.9. The van der Waals surface area contributed by atoms with Gasteiger partial charge in [-0.1, -0.05) is 24.3 Å². The number of esters is 1. The van der Waals surface area contributed by atoms with Gasteiger partial charge < -0.3 is 19.0 Å². The van der Waals surface area contributed by atoms with Crippen LogP contribution in [0.2, 0.25) is 0 Å². The van der Waals surface area contributed by atoms with E-state index in [2.05, 4.69) is 6.07 Å². The minimum Gasteiger partial charge on any atom is -0.466 e. The molecule has 2 aromatic rings. The lowest BCUT2D eigenvalue weighted by Gasteiger charge is -2.29. The molecule has 29 heavy (non-hydrogen) atoms. The van der Waals surface area contributed by atoms with Crippen molar-refractivity contribution in [1.29, 1.82) is 0 Å². The fourth-order valence-corrected chi connectivity index (χ4v) is 5.17. The van der Waals surface area contributed by atoms with Gasteiger partial charge in [0.05, 0.1) is 6.26 Å². The summed E-state index contributed by atoms with van der Waals surface area (Å²) in [6, 6.07) is 10.8. The van der Waals surface area contributed by atoms with Crippen molar-refractivity contribution in [3.05, 3.63) is 59.5 Å². The van der Waals surface area contributed by atoms with Crippen LogP contribution in [0.3, 0.4) is 0 Å². The fourth-order valence-electron chi connectivity index (χ4n) is 3.75. The number of ether oxygens (including phenoxy) is 1. The quantitative estimate of drug-likeness (QED) is 0.715. The maximum atomic E-state index is 12.6. The van der Waals surface area contributed by atoms with E-state index < -0.39 is 12.0 Å². The van der Waals surface area contributed by atoms with Crippen LogP contribution >= 0.6 is 11.8 Å². The van der Waals surface area contributed by atoms with Gasteiger partial charge >= 0.3 is 5.97 Å². The number of hydrogen-bond donors (Lipinski definition) is 0. The first kappa shape index (κ1) is 19.6. The van der Waals surface area contributed by atoms with Crippen molar-refractivity contribution < 1.29 is 23.5 Å². The number of carbonyl (C=O) groups is 3. The summed E-state index contributed by atoms with van der Waals surface area (Å²) in [5.41, 5.74) is 2.37. The number of thioether (sulfide) groups is 1. The molecule has 1 aromatic carbocycles. The van der Waals surface area contributed by atoms with Crippen LogP contribution in [0.5, 0.6) is 0 Å². The normalized spacial score (nSPS) is 21.0. The molecule has 0 aliphatic carbocycles. The Kier molecular flexibility index (Phi) is 5.62. The Morgan fingerprint density at radius 3 is 2.69 bits per heavy atom. The minimum atomic E-state index is -0.734. The van der Waals surface area contributed by atoms with Crippen molar-refractivity contribution in [3.63, 3.8) is 0 Å². The van der Waals surface area contributed by atoms with Crippen LogP contribution in [0.4, 0.5) is 0 Å². The van der Waals surface area contributed by atoms with Gasteiger partial charge in [0.15, 0.2) is 6.61 Å². The molecule has 8 heteroatoms. The number of rotatable bonds is 4. The third-order valence-corrected chi connectivity index (χ3v) is 6.53. The second-order valence-electron chi connectivity index (χ2n) is 7.08. The van der Waals surface area contributed by atoms with E-state index >= 15 is 0 Å². The van der Waals surface area contributed by atoms with Crippen molar-refractivity contribution in [2.75, 3.05) is 18.9 Å². The van der Waals surface area contributed by atoms with Crippen LogP contribution in [-0.2, 0) is 32.1 Å². The SMILES string of the molecule is CC(=O)N1[C@@H](C(=O)OCC(=O)N2CCc3ccccc3C2)CS[C@@H]1c1ccco1. The average molecular weight is 414 g/mol. The topological polar surface area (TPSA) is 80.1 Å². The van der Waals surface area contributed by atoms with Gasteiger partial charge in [-0.25, -0.2) is 4.79 Å². The van der Waals surface area contributed by atoms with Gasteiger partial charge in [-0.3, -0.25) is 9.59 Å². The summed E-state index contributed by atoms with van der Waals surface area (Å²) in [6.07, 6.45) is 2.33. The molecule has 2 atom stereocenters. The van der Waals surface area contributed by atoms with Gasteiger partial charge in [-0.15, -0.1) is 11.8 Å². The lowest BCUT2D eigenvalue weighted by atomic mass is 10.00. The van der Waals surface area contributed by atoms with Crippen molar-refractivity contribution in [3.8, 4) is 0 Å². The van der Waals surface area contributed by atoms with Crippen LogP contribution < -0.4 is 0 Å². The van der Waals surface area contributed by atoms with Gasteiger partial charge in [0.1, 0.15) is 17.2 Å². The average Bonchev–Trinajstić information content (AvgIpc) is 3.40. The highest BCUT2D eigenvalue weighted by atomic mass is 32.2. The summed E-state index contributed by atoms with van der Waals surface area (Å²) in [5.74, 6) is -0.0152. The van der Waals surface area contributed by atoms with E-state index in [0.717, 1.165) is 12.0 Å². The Balaban J connectivity index is 1.36. The first-order valence-corrected chi connectivity index (χ1v) is 10.5. The zero-order valence-electron chi connectivity index (χ0n) is 16.1. The predicted molar refractivity (Wildman–Crippen MR) is 107 cm³/mol. The monoisotopic (exact) mass is 414 g/mol. The predicted octanol–water partition coefficient (Wildman–Crippen LogP) is 2.37. The van der Waals surface area contributed by atoms with E-state index in [4.69, 9.17) is 9.15 Å². The second kappa shape index (κ2) is 8.32. The van der Waals surface area contributed by atoms with Crippen LogP contribution in [-0.4, -0.2) is 52.5 Å². The Labute approximate surface area is 173 Å². The molecular formula is C21H22N2O5S. The van der Waals surface area contributed by atoms with Gasteiger partial charge in [-0.2, -0.15) is 0 Å². The highest BCUT2D eigenvalue weighted by Gasteiger charge is 2.43. The fraction of sp³-hybridized carbons (Fsp3) is 0.381. The summed E-state index contributed by atoms with van der Waals surface area (Å²) in [5, 5.41) is -0.366. The Morgan fingerprint density at radius 2 is 1.97 bits per heavy atom. The number of fused-ring (bicyclic) bond motifs is 1. The van der Waals surface area contributed by atoms with Gasteiger partial charge in [-0.05, 0) is 29.7 Å². The lowest BCUT2D eigenvalue weighted by molar-refractivity contribution is -0.158. The first-order chi connectivity index (χ1) is 14.0. The van der Waals surface area contributed by atoms with Crippen molar-refractivity contribution in [2.45, 2.75) is 31.3 Å². The van der Waals surface area contributed by atoms with Crippen molar-refractivity contribution in [1.82, 2.24) is 9.80 Å². The number of carbonyl (C=O) groups excluding carboxylic acids is 3. The number of benzene rings is 1. The van der Waals surface area contributed by atoms with E-state index in [1.54, 1.807) is 17.0 Å². The van der Waals surface area contributed by atoms with Crippen molar-refractivity contribution >= 4 is 29.5 Å². The summed E-state index contributed by atoms with van der Waals surface area (Å²) in [4.78, 5) is 40.5. The highest BCUT2D eigenvalue weighted by Crippen LogP contribution is 2.41. The molecule has 2 aliphatic rings. The van der Waals surface area contributed by atoms with Gasteiger partial charge in [0, 0.05) is 25.8 Å². The molecule has 2 amide bonds. The molecule has 7 nitrogen and oxygen atoms in total. The third kappa shape index (κ3) is 4.03. The molecule has 0 saturated carbocycles. The molecule has 4 rings (SSSR count). The molecule has 3 heterocycles. The van der Waals surface area contributed by atoms with Gasteiger partial charge in [0.2, 0.25) is 5.91 Å². The third-order valence-electron chi connectivity index (χ3n) is 5.24. The number of hydrogen-bond acceptors (Lipinski definition) is 6. The van der Waals surface area contributed by atoms with Gasteiger partial charge in [0.25, 0.3) is 5.91 Å². The summed E-state index contributed by atoms with van der Waals surface area (Å²) in [6.45, 7) is 2.22. The smallest absolute Gasteiger partial charge is 0.330 e. The van der Waals surface area contributed by atoms with E-state index in [1.807, 2.05) is 18.2 Å². The number of nitrogens with zero attached hydrogens (tertiary/aromatic N) is 2. The first-order valence-electron chi connectivity index (χ1n) is 9.49. The zero-order chi connectivity index (χ0) is 20.4. The van der Waals surface area contributed by atoms with Crippen LogP contribution in [0.25, 0.3) is 0 Å². The molecule has 0 spiro atoms. The molecule has 0 unspecified atom stereocenters. The molecule has 1 fully saturated rings. The van der Waals surface area contributed by atoms with Crippen LogP contribution in [0.15, 0.2) is 47.1 Å². The standard InChI is InChI=1S/C21H22N2O5S/c1-14(24)23-17(13-29-20(23)18-7-4-10-27-18)21(26)28-12-19(25)22-9-8-15-5-2-3-6-16(15)11-22/h2-7,10,17,20H,8-9,11-13H2,1H3/t17-,20-/m1/s1. The molecule has 0 N–H and O–H groups in total. The molecule has 1 saturated heterocycles. The van der Waals surface area contributed by atoms with Crippen LogP contribution in [0, 0.1) is 0 Å². The number of furan rings is 1. The van der Waals surface area contributed by atoms with E-state index in [-0.39, 0.29) is 23.8 Å². The maximum absolute atomic E-state index is 12.6. The van der Waals surface area contributed by atoms with Crippen molar-refractivity contribution in [2.24, 2.45) is 0 Å². The summed E-state index contributed by atoms with van der Waals surface area (Å²) >= 11 is 1.44. The second-order valence-corrected chi connectivity index (χ2v) is 8.20. The van der Waals surface area contributed by atoms with E-state index in [0.29, 0.717) is 24.6 Å². The molecule has 0 radical (unpaired) electrons. The van der Waals surface area contributed by atoms with Crippen LogP contribution in [0.1, 0.15) is 29.2 Å². The number of amides is 2.